The lowest BCUT2D eigenvalue weighted by Crippen LogP contribution is -2.22. The van der Waals surface area contributed by atoms with Gasteiger partial charge in [-0.2, -0.15) is 0 Å². The van der Waals surface area contributed by atoms with Gasteiger partial charge in [0.25, 0.3) is 5.91 Å². The SMILES string of the molecule is O=C(COC(=O)Cc1noc2ccccc12)Nc1ccccc1Oc1ccccc1. The topological polar surface area (TPSA) is 90.7 Å². The van der Waals surface area contributed by atoms with Crippen LogP contribution in [0.4, 0.5) is 5.69 Å². The molecule has 0 spiro atoms. The third-order valence-corrected chi connectivity index (χ3v) is 4.26. The third-order valence-electron chi connectivity index (χ3n) is 4.26. The predicted molar refractivity (Wildman–Crippen MR) is 110 cm³/mol. The molecule has 0 bridgehead atoms. The number of anilines is 1. The van der Waals surface area contributed by atoms with Crippen LogP contribution in [0.5, 0.6) is 11.5 Å². The second-order valence-corrected chi connectivity index (χ2v) is 6.42. The monoisotopic (exact) mass is 402 g/mol. The van der Waals surface area contributed by atoms with E-state index >= 15 is 0 Å². The second-order valence-electron chi connectivity index (χ2n) is 6.42. The van der Waals surface area contributed by atoms with Crippen molar-refractivity contribution in [2.24, 2.45) is 0 Å². The summed E-state index contributed by atoms with van der Waals surface area (Å²) in [6, 6.07) is 23.5. The standard InChI is InChI=1S/C23H18N2O5/c26-22(15-28-23(27)14-19-17-10-4-6-12-20(17)30-25-19)24-18-11-5-7-13-21(18)29-16-8-2-1-3-9-16/h1-13H,14-15H2,(H,24,26). The smallest absolute Gasteiger partial charge is 0.312 e. The van der Waals surface area contributed by atoms with Gasteiger partial charge in [-0.1, -0.05) is 47.6 Å². The largest absolute Gasteiger partial charge is 0.455 e. The van der Waals surface area contributed by atoms with Gasteiger partial charge in [-0.05, 0) is 36.4 Å². The lowest BCUT2D eigenvalue weighted by molar-refractivity contribution is -0.146. The third kappa shape index (κ3) is 4.64. The summed E-state index contributed by atoms with van der Waals surface area (Å²) < 4.78 is 16.1. The predicted octanol–water partition coefficient (Wildman–Crippen LogP) is 4.34. The summed E-state index contributed by atoms with van der Waals surface area (Å²) in [5, 5.41) is 7.33. The Morgan fingerprint density at radius 2 is 1.63 bits per heavy atom. The first kappa shape index (κ1) is 19.2. The molecule has 0 atom stereocenters. The number of rotatable bonds is 7. The summed E-state index contributed by atoms with van der Waals surface area (Å²) in [7, 11) is 0. The minimum atomic E-state index is -0.571. The molecule has 4 rings (SSSR count). The van der Waals surface area contributed by atoms with Crippen LogP contribution in [0.1, 0.15) is 5.69 Å². The van der Waals surface area contributed by atoms with Crippen LogP contribution in [0, 0.1) is 0 Å². The van der Waals surface area contributed by atoms with Crippen molar-refractivity contribution in [2.45, 2.75) is 6.42 Å². The van der Waals surface area contributed by atoms with Crippen LogP contribution >= 0.6 is 0 Å². The Labute approximate surface area is 172 Å². The Balaban J connectivity index is 1.33. The van der Waals surface area contributed by atoms with Crippen LogP contribution in [-0.2, 0) is 20.7 Å². The molecule has 0 aliphatic heterocycles. The van der Waals surface area contributed by atoms with E-state index in [4.69, 9.17) is 14.0 Å². The highest BCUT2D eigenvalue weighted by molar-refractivity contribution is 5.94. The number of benzene rings is 3. The Hall–Kier alpha value is -4.13. The molecule has 0 aliphatic rings. The molecular weight excluding hydrogens is 384 g/mol. The van der Waals surface area contributed by atoms with Gasteiger partial charge in [0.2, 0.25) is 0 Å². The van der Waals surface area contributed by atoms with Crippen molar-refractivity contribution in [1.82, 2.24) is 5.16 Å². The number of carbonyl (C=O) groups is 2. The number of hydrogen-bond donors (Lipinski definition) is 1. The van der Waals surface area contributed by atoms with Crippen molar-refractivity contribution in [3.05, 3.63) is 84.6 Å². The average molecular weight is 402 g/mol. The maximum Gasteiger partial charge on any atom is 0.312 e. The summed E-state index contributed by atoms with van der Waals surface area (Å²) >= 11 is 0. The van der Waals surface area contributed by atoms with Crippen LogP contribution in [-0.4, -0.2) is 23.6 Å². The number of hydrogen-bond acceptors (Lipinski definition) is 6. The fourth-order valence-electron chi connectivity index (χ4n) is 2.86. The zero-order chi connectivity index (χ0) is 20.8. The minimum Gasteiger partial charge on any atom is -0.455 e. The summed E-state index contributed by atoms with van der Waals surface area (Å²) in [4.78, 5) is 24.4. The molecule has 0 aliphatic carbocycles. The number of aromatic nitrogens is 1. The van der Waals surface area contributed by atoms with Gasteiger partial charge in [0.05, 0.1) is 12.1 Å². The molecule has 4 aromatic rings. The molecule has 3 aromatic carbocycles. The van der Waals surface area contributed by atoms with Crippen LogP contribution in [0.3, 0.4) is 0 Å². The highest BCUT2D eigenvalue weighted by atomic mass is 16.5. The van der Waals surface area contributed by atoms with Gasteiger partial charge in [0.15, 0.2) is 17.9 Å². The van der Waals surface area contributed by atoms with Gasteiger partial charge in [0.1, 0.15) is 11.4 Å². The fourth-order valence-corrected chi connectivity index (χ4v) is 2.86. The van der Waals surface area contributed by atoms with Crippen molar-refractivity contribution in [3.8, 4) is 11.5 Å². The summed E-state index contributed by atoms with van der Waals surface area (Å²) in [5.41, 5.74) is 1.54. The van der Waals surface area contributed by atoms with E-state index in [9.17, 15) is 9.59 Å². The zero-order valence-electron chi connectivity index (χ0n) is 15.9. The molecule has 0 saturated carbocycles. The first-order valence-corrected chi connectivity index (χ1v) is 9.30. The van der Waals surface area contributed by atoms with Gasteiger partial charge in [-0.15, -0.1) is 0 Å². The maximum absolute atomic E-state index is 12.3. The quantitative estimate of drug-likeness (QED) is 0.462. The van der Waals surface area contributed by atoms with E-state index in [1.165, 1.54) is 0 Å². The van der Waals surface area contributed by atoms with E-state index in [1.807, 2.05) is 48.5 Å². The van der Waals surface area contributed by atoms with E-state index in [2.05, 4.69) is 10.5 Å². The maximum atomic E-state index is 12.3. The van der Waals surface area contributed by atoms with Gasteiger partial charge >= 0.3 is 5.97 Å². The van der Waals surface area contributed by atoms with Crippen molar-refractivity contribution in [2.75, 3.05) is 11.9 Å². The summed E-state index contributed by atoms with van der Waals surface area (Å²) in [6.45, 7) is -0.422. The molecule has 0 radical (unpaired) electrons. The molecule has 1 amide bonds. The number of carbonyl (C=O) groups excluding carboxylic acids is 2. The lowest BCUT2D eigenvalue weighted by Gasteiger charge is -2.12. The van der Waals surface area contributed by atoms with Crippen molar-refractivity contribution in [3.63, 3.8) is 0 Å². The Morgan fingerprint density at radius 1 is 0.900 bits per heavy atom. The number of para-hydroxylation sites is 4. The molecule has 1 heterocycles. The van der Waals surface area contributed by atoms with Crippen LogP contribution in [0.2, 0.25) is 0 Å². The molecule has 1 aromatic heterocycles. The molecule has 150 valence electrons. The normalized spacial score (nSPS) is 10.5. The number of esters is 1. The molecule has 1 N–H and O–H groups in total. The zero-order valence-corrected chi connectivity index (χ0v) is 15.9. The number of ether oxygens (including phenoxy) is 2. The van der Waals surface area contributed by atoms with Crippen LogP contribution in [0.15, 0.2) is 83.4 Å². The van der Waals surface area contributed by atoms with E-state index in [0.717, 1.165) is 5.39 Å². The number of fused-ring (bicyclic) bond motifs is 1. The first-order valence-electron chi connectivity index (χ1n) is 9.30. The van der Waals surface area contributed by atoms with E-state index in [1.54, 1.807) is 30.3 Å². The minimum absolute atomic E-state index is 0.0853. The molecule has 7 nitrogen and oxygen atoms in total. The molecule has 0 unspecified atom stereocenters. The Bertz CT molecular complexity index is 1170. The molecule has 0 saturated heterocycles. The first-order chi connectivity index (χ1) is 14.7. The van der Waals surface area contributed by atoms with Gasteiger partial charge in [-0.25, -0.2) is 0 Å². The summed E-state index contributed by atoms with van der Waals surface area (Å²) in [5.74, 6) is 0.0819. The van der Waals surface area contributed by atoms with Crippen LogP contribution < -0.4 is 10.1 Å². The Morgan fingerprint density at radius 3 is 2.50 bits per heavy atom. The molecule has 30 heavy (non-hydrogen) atoms. The second kappa shape index (κ2) is 8.91. The fraction of sp³-hybridized carbons (Fsp3) is 0.0870. The Kier molecular flexibility index (Phi) is 5.70. The van der Waals surface area contributed by atoms with E-state index in [0.29, 0.717) is 28.5 Å². The van der Waals surface area contributed by atoms with Crippen molar-refractivity contribution < 1.29 is 23.6 Å². The summed E-state index contributed by atoms with van der Waals surface area (Å²) in [6.07, 6.45) is -0.0853. The van der Waals surface area contributed by atoms with Crippen molar-refractivity contribution in [1.29, 1.82) is 0 Å². The van der Waals surface area contributed by atoms with E-state index < -0.39 is 18.5 Å². The van der Waals surface area contributed by atoms with Gasteiger partial charge in [-0.3, -0.25) is 9.59 Å². The molecular formula is C23H18N2O5. The number of amides is 1. The highest BCUT2D eigenvalue weighted by Crippen LogP contribution is 2.29. The van der Waals surface area contributed by atoms with E-state index in [-0.39, 0.29) is 6.42 Å². The molecule has 0 fully saturated rings. The highest BCUT2D eigenvalue weighted by Gasteiger charge is 2.15. The molecule has 7 heteroatoms. The van der Waals surface area contributed by atoms with Crippen LogP contribution in [0.25, 0.3) is 11.0 Å². The van der Waals surface area contributed by atoms with Gasteiger partial charge < -0.3 is 19.3 Å². The average Bonchev–Trinajstić information content (AvgIpc) is 3.17. The van der Waals surface area contributed by atoms with Crippen molar-refractivity contribution >= 4 is 28.5 Å². The number of nitrogens with one attached hydrogen (secondary N) is 1. The lowest BCUT2D eigenvalue weighted by atomic mass is 10.2. The van der Waals surface area contributed by atoms with Gasteiger partial charge in [0, 0.05) is 5.39 Å². The number of nitrogens with zero attached hydrogens (tertiary/aromatic N) is 1.